The first-order valence-electron chi connectivity index (χ1n) is 4.66. The summed E-state index contributed by atoms with van der Waals surface area (Å²) in [6.45, 7) is 7.09. The third-order valence-electron chi connectivity index (χ3n) is 1.83. The van der Waals surface area contributed by atoms with Crippen molar-refractivity contribution in [3.63, 3.8) is 0 Å². The minimum Gasteiger partial charge on any atom is -0.381 e. The lowest BCUT2D eigenvalue weighted by Crippen LogP contribution is -2.25. The van der Waals surface area contributed by atoms with Crippen LogP contribution in [0.15, 0.2) is 0 Å². The van der Waals surface area contributed by atoms with E-state index in [4.69, 9.17) is 4.74 Å². The normalized spacial score (nSPS) is 18.8. The lowest BCUT2D eigenvalue weighted by atomic mass is 10.0. The van der Waals surface area contributed by atoms with Crippen molar-refractivity contribution in [2.24, 2.45) is 5.92 Å². The maximum Gasteiger partial charge on any atom is 0.0469 e. The van der Waals surface area contributed by atoms with Crippen molar-refractivity contribution in [3.05, 3.63) is 0 Å². The van der Waals surface area contributed by atoms with E-state index in [1.54, 1.807) is 0 Å². The molecule has 0 aromatic rings. The molecule has 70 valence electrons. The minimum atomic E-state index is 0. The van der Waals surface area contributed by atoms with Gasteiger partial charge in [-0.25, -0.2) is 0 Å². The molecule has 1 saturated heterocycles. The van der Waals surface area contributed by atoms with E-state index in [2.05, 4.69) is 5.32 Å². The Morgan fingerprint density at radius 3 is 2.36 bits per heavy atom. The molecule has 1 heterocycles. The fourth-order valence-corrected chi connectivity index (χ4v) is 1.24. The van der Waals surface area contributed by atoms with Crippen molar-refractivity contribution in [2.45, 2.75) is 26.7 Å². The molecule has 11 heavy (non-hydrogen) atoms. The molecule has 1 fully saturated rings. The summed E-state index contributed by atoms with van der Waals surface area (Å²) in [6, 6.07) is 0. The summed E-state index contributed by atoms with van der Waals surface area (Å²) >= 11 is 0. The molecule has 0 unspecified atom stereocenters. The van der Waals surface area contributed by atoms with Crippen LogP contribution in [0, 0.1) is 5.92 Å². The van der Waals surface area contributed by atoms with Crippen LogP contribution in [0.1, 0.15) is 28.1 Å². The average molecular weight is 161 g/mol. The average Bonchev–Trinajstić information content (AvgIpc) is 2.11. The molecule has 2 nitrogen and oxygen atoms in total. The van der Waals surface area contributed by atoms with Crippen LogP contribution in [0.4, 0.5) is 0 Å². The van der Waals surface area contributed by atoms with Crippen molar-refractivity contribution >= 4 is 0 Å². The molecule has 0 amide bonds. The number of nitrogens with one attached hydrogen (secondary N) is 1. The zero-order valence-electron chi connectivity index (χ0n) is 8.02. The second-order valence-electron chi connectivity index (χ2n) is 2.61. The molecule has 1 rings (SSSR count). The minimum absolute atomic E-state index is 0. The van der Waals surface area contributed by atoms with Gasteiger partial charge in [-0.3, -0.25) is 0 Å². The Balaban J connectivity index is 0. The quantitative estimate of drug-likeness (QED) is 0.668. The fraction of sp³-hybridized carbons (Fsp3) is 1.00. The second-order valence-corrected chi connectivity index (χ2v) is 2.61. The van der Waals surface area contributed by atoms with Crippen molar-refractivity contribution in [1.82, 2.24) is 5.32 Å². The van der Waals surface area contributed by atoms with E-state index >= 15 is 0 Å². The summed E-state index contributed by atoms with van der Waals surface area (Å²) in [5, 5.41) is 3.18. The van der Waals surface area contributed by atoms with Crippen LogP contribution in [-0.4, -0.2) is 26.8 Å². The Morgan fingerprint density at radius 2 is 1.91 bits per heavy atom. The van der Waals surface area contributed by atoms with Crippen LogP contribution < -0.4 is 5.32 Å². The molecule has 0 atom stereocenters. The van der Waals surface area contributed by atoms with Gasteiger partial charge in [-0.05, 0) is 32.4 Å². The molecule has 0 aromatic heterocycles. The molecule has 0 aromatic carbocycles. The molecule has 1 aliphatic rings. The Labute approximate surface area is 71.8 Å². The maximum atomic E-state index is 5.22. The van der Waals surface area contributed by atoms with Gasteiger partial charge in [0.25, 0.3) is 0 Å². The summed E-state index contributed by atoms with van der Waals surface area (Å²) < 4.78 is 5.22. The van der Waals surface area contributed by atoms with E-state index in [1.165, 1.54) is 12.8 Å². The molecule has 0 bridgehead atoms. The second kappa shape index (κ2) is 8.02. The van der Waals surface area contributed by atoms with Gasteiger partial charge in [0.15, 0.2) is 0 Å². The van der Waals surface area contributed by atoms with Crippen LogP contribution in [0.25, 0.3) is 0 Å². The summed E-state index contributed by atoms with van der Waals surface area (Å²) in [5.41, 5.74) is 0. The monoisotopic (exact) mass is 161 g/mol. The lowest BCUT2D eigenvalue weighted by molar-refractivity contribution is 0.0669. The Bertz CT molecular complexity index is 72.2. The first kappa shape index (κ1) is 10.9. The van der Waals surface area contributed by atoms with E-state index in [0.29, 0.717) is 0 Å². The lowest BCUT2D eigenvalue weighted by Gasteiger charge is -2.21. The molecular formula is C9H23NO. The van der Waals surface area contributed by atoms with Gasteiger partial charge >= 0.3 is 0 Å². The van der Waals surface area contributed by atoms with E-state index < -0.39 is 0 Å². The van der Waals surface area contributed by atoms with Crippen LogP contribution in [0.3, 0.4) is 0 Å². The van der Waals surface area contributed by atoms with Crippen LogP contribution in [0.2, 0.25) is 0 Å². The highest BCUT2D eigenvalue weighted by Crippen LogP contribution is 2.12. The van der Waals surface area contributed by atoms with Crippen molar-refractivity contribution < 1.29 is 6.16 Å². The number of hydrogen-bond acceptors (Lipinski definition) is 2. The van der Waals surface area contributed by atoms with Crippen LogP contribution >= 0.6 is 0 Å². The third-order valence-corrected chi connectivity index (χ3v) is 1.83. The first-order chi connectivity index (χ1) is 5.43. The number of ether oxygens (including phenoxy) is 1. The Hall–Kier alpha value is -0.0800. The molecule has 0 radical (unpaired) electrons. The molecular weight excluding hydrogens is 138 g/mol. The van der Waals surface area contributed by atoms with Gasteiger partial charge < -0.3 is 10.1 Å². The standard InChI is InChI=1S/C7H15NO.C2H6.H2/c1-8-6-7-2-4-9-5-3-7;1-2;/h7-8H,2-6H2,1H3;1-2H3;1H. The molecule has 2 heteroatoms. The highest BCUT2D eigenvalue weighted by molar-refractivity contribution is 4.64. The fourth-order valence-electron chi connectivity index (χ4n) is 1.24. The maximum absolute atomic E-state index is 5.22. The summed E-state index contributed by atoms with van der Waals surface area (Å²) in [6.07, 6.45) is 2.47. The largest absolute Gasteiger partial charge is 0.381 e. The summed E-state index contributed by atoms with van der Waals surface area (Å²) in [7, 11) is 2.01. The van der Waals surface area contributed by atoms with E-state index in [9.17, 15) is 0 Å². The SMILES string of the molecule is CC.CNCC1CCOCC1.[HH]. The van der Waals surface area contributed by atoms with E-state index in [-0.39, 0.29) is 1.43 Å². The highest BCUT2D eigenvalue weighted by Gasteiger charge is 2.11. The van der Waals surface area contributed by atoms with Gasteiger partial charge in [-0.15, -0.1) is 0 Å². The van der Waals surface area contributed by atoms with Gasteiger partial charge in [0.05, 0.1) is 0 Å². The van der Waals surface area contributed by atoms with Gasteiger partial charge in [0.1, 0.15) is 0 Å². The molecule has 0 spiro atoms. The smallest absolute Gasteiger partial charge is 0.0469 e. The van der Waals surface area contributed by atoms with Crippen molar-refractivity contribution in [2.75, 3.05) is 26.8 Å². The van der Waals surface area contributed by atoms with Gasteiger partial charge in [-0.2, -0.15) is 0 Å². The summed E-state index contributed by atoms with van der Waals surface area (Å²) in [4.78, 5) is 0. The van der Waals surface area contributed by atoms with Gasteiger partial charge in [0.2, 0.25) is 0 Å². The van der Waals surface area contributed by atoms with E-state index in [1.807, 2.05) is 20.9 Å². The predicted molar refractivity (Wildman–Crippen MR) is 50.9 cm³/mol. The zero-order chi connectivity index (χ0) is 8.53. The predicted octanol–water partition coefficient (Wildman–Crippen LogP) is 1.90. The topological polar surface area (TPSA) is 21.3 Å². The Morgan fingerprint density at radius 1 is 1.36 bits per heavy atom. The van der Waals surface area contributed by atoms with Crippen LogP contribution in [-0.2, 0) is 4.74 Å². The van der Waals surface area contributed by atoms with Crippen molar-refractivity contribution in [1.29, 1.82) is 0 Å². The van der Waals surface area contributed by atoms with Crippen LogP contribution in [0.5, 0.6) is 0 Å². The van der Waals surface area contributed by atoms with Gasteiger partial charge in [-0.1, -0.05) is 13.8 Å². The highest BCUT2D eigenvalue weighted by atomic mass is 16.5. The molecule has 1 aliphatic heterocycles. The Kier molecular flexibility index (Phi) is 7.96. The number of hydrogen-bond donors (Lipinski definition) is 1. The van der Waals surface area contributed by atoms with Gasteiger partial charge in [0, 0.05) is 14.6 Å². The first-order valence-corrected chi connectivity index (χ1v) is 4.66. The zero-order valence-corrected chi connectivity index (χ0v) is 8.02. The third kappa shape index (κ3) is 5.22. The molecule has 1 N–H and O–H groups in total. The molecule has 0 saturated carbocycles. The molecule has 0 aliphatic carbocycles. The summed E-state index contributed by atoms with van der Waals surface area (Å²) in [5.74, 6) is 0.865. The van der Waals surface area contributed by atoms with E-state index in [0.717, 1.165) is 25.7 Å². The van der Waals surface area contributed by atoms with Crippen molar-refractivity contribution in [3.8, 4) is 0 Å². The number of rotatable bonds is 2.